The van der Waals surface area contributed by atoms with Gasteiger partial charge in [-0.05, 0) is 37.6 Å². The molecular weight excluding hydrogens is 330 g/mol. The average Bonchev–Trinajstić information content (AvgIpc) is 3.28. The third-order valence-electron chi connectivity index (χ3n) is 4.63. The fraction of sp³-hybridized carbons (Fsp3) is 0.250. The Bertz CT molecular complexity index is 978. The highest BCUT2D eigenvalue weighted by Gasteiger charge is 2.30. The van der Waals surface area contributed by atoms with Gasteiger partial charge in [0.2, 0.25) is 0 Å². The van der Waals surface area contributed by atoms with Crippen LogP contribution in [-0.2, 0) is 6.42 Å². The molecule has 1 aliphatic heterocycles. The Balaban J connectivity index is 1.77. The van der Waals surface area contributed by atoms with E-state index in [2.05, 4.69) is 23.9 Å². The molecule has 1 unspecified atom stereocenters. The van der Waals surface area contributed by atoms with Crippen molar-refractivity contribution in [3.05, 3.63) is 59.4 Å². The van der Waals surface area contributed by atoms with Gasteiger partial charge in [-0.3, -0.25) is 14.5 Å². The zero-order chi connectivity index (χ0) is 18.3. The van der Waals surface area contributed by atoms with Gasteiger partial charge < -0.3 is 9.84 Å². The number of aromatic nitrogens is 3. The molecule has 0 aliphatic carbocycles. The molecule has 1 atom stereocenters. The van der Waals surface area contributed by atoms with Crippen LogP contribution >= 0.6 is 0 Å². The van der Waals surface area contributed by atoms with Gasteiger partial charge in [0.15, 0.2) is 6.29 Å². The number of rotatable bonds is 4. The fourth-order valence-corrected chi connectivity index (χ4v) is 3.41. The summed E-state index contributed by atoms with van der Waals surface area (Å²) in [6.07, 6.45) is 4.49. The number of benzene rings is 1. The summed E-state index contributed by atoms with van der Waals surface area (Å²) in [6, 6.07) is 9.33. The maximum absolute atomic E-state index is 11.3. The van der Waals surface area contributed by atoms with Crippen molar-refractivity contribution in [2.45, 2.75) is 32.4 Å². The van der Waals surface area contributed by atoms with Gasteiger partial charge in [0, 0.05) is 30.4 Å². The second-order valence-electron chi connectivity index (χ2n) is 6.61. The Morgan fingerprint density at radius 1 is 1.27 bits per heavy atom. The second kappa shape index (κ2) is 6.29. The van der Waals surface area contributed by atoms with Crippen molar-refractivity contribution in [1.29, 1.82) is 0 Å². The number of hydrogen-bond donors (Lipinski definition) is 1. The van der Waals surface area contributed by atoms with E-state index >= 15 is 0 Å². The van der Waals surface area contributed by atoms with Crippen LogP contribution in [0.1, 0.15) is 47.5 Å². The van der Waals surface area contributed by atoms with Crippen LogP contribution in [0.5, 0.6) is 11.5 Å². The maximum Gasteiger partial charge on any atom is 0.157 e. The second-order valence-corrected chi connectivity index (χ2v) is 6.61. The van der Waals surface area contributed by atoms with Gasteiger partial charge in [-0.15, -0.1) is 0 Å². The van der Waals surface area contributed by atoms with Gasteiger partial charge in [0.05, 0.1) is 17.0 Å². The quantitative estimate of drug-likeness (QED) is 0.727. The van der Waals surface area contributed by atoms with Crippen LogP contribution in [0.2, 0.25) is 0 Å². The van der Waals surface area contributed by atoms with Crippen LogP contribution in [0.4, 0.5) is 0 Å². The molecule has 6 nitrogen and oxygen atoms in total. The summed E-state index contributed by atoms with van der Waals surface area (Å²) >= 11 is 0. The topological polar surface area (TPSA) is 77.2 Å². The van der Waals surface area contributed by atoms with E-state index in [1.807, 2.05) is 22.9 Å². The van der Waals surface area contributed by atoms with Crippen LogP contribution < -0.4 is 4.74 Å². The molecule has 0 saturated carbocycles. The number of phenols is 1. The first-order chi connectivity index (χ1) is 12.6. The van der Waals surface area contributed by atoms with Crippen molar-refractivity contribution in [2.24, 2.45) is 0 Å². The lowest BCUT2D eigenvalue weighted by Crippen LogP contribution is -2.10. The highest BCUT2D eigenvalue weighted by molar-refractivity contribution is 5.85. The van der Waals surface area contributed by atoms with Crippen LogP contribution in [0.25, 0.3) is 11.4 Å². The van der Waals surface area contributed by atoms with Gasteiger partial charge in [-0.2, -0.15) is 5.10 Å². The number of carbonyl (C=O) groups is 1. The van der Waals surface area contributed by atoms with Crippen molar-refractivity contribution < 1.29 is 14.6 Å². The molecule has 132 valence electrons. The monoisotopic (exact) mass is 349 g/mol. The molecule has 3 aromatic rings. The molecule has 1 N–H and O–H groups in total. The number of phenolic OH excluding ortho intramolecular Hbond substituents is 1. The van der Waals surface area contributed by atoms with Crippen molar-refractivity contribution in [2.75, 3.05) is 0 Å². The van der Waals surface area contributed by atoms with E-state index in [0.29, 0.717) is 18.5 Å². The van der Waals surface area contributed by atoms with Gasteiger partial charge in [-0.1, -0.05) is 12.1 Å². The third kappa shape index (κ3) is 2.54. The van der Waals surface area contributed by atoms with Crippen molar-refractivity contribution in [1.82, 2.24) is 14.8 Å². The van der Waals surface area contributed by atoms with Gasteiger partial charge in [-0.25, -0.2) is 0 Å². The smallest absolute Gasteiger partial charge is 0.157 e. The first-order valence-corrected chi connectivity index (χ1v) is 8.55. The largest absolute Gasteiger partial charge is 0.507 e. The van der Waals surface area contributed by atoms with Gasteiger partial charge in [0.1, 0.15) is 17.6 Å². The molecule has 0 spiro atoms. The molecule has 26 heavy (non-hydrogen) atoms. The summed E-state index contributed by atoms with van der Waals surface area (Å²) in [5.74, 6) is 0.390. The molecule has 3 heterocycles. The molecule has 0 saturated heterocycles. The van der Waals surface area contributed by atoms with E-state index in [4.69, 9.17) is 4.74 Å². The zero-order valence-electron chi connectivity index (χ0n) is 14.6. The summed E-state index contributed by atoms with van der Waals surface area (Å²) < 4.78 is 8.00. The molecule has 0 amide bonds. The van der Waals surface area contributed by atoms with E-state index < -0.39 is 0 Å². The lowest BCUT2D eigenvalue weighted by Gasteiger charge is -2.17. The fourth-order valence-electron chi connectivity index (χ4n) is 3.41. The Labute approximate surface area is 151 Å². The first kappa shape index (κ1) is 16.3. The van der Waals surface area contributed by atoms with E-state index in [1.54, 1.807) is 18.5 Å². The number of aldehydes is 1. The molecule has 0 radical (unpaired) electrons. The number of aromatic hydroxyl groups is 1. The van der Waals surface area contributed by atoms with Crippen molar-refractivity contribution in [3.63, 3.8) is 0 Å². The highest BCUT2D eigenvalue weighted by Crippen LogP contribution is 2.43. The van der Waals surface area contributed by atoms with Crippen LogP contribution in [0.3, 0.4) is 0 Å². The minimum atomic E-state index is -0.273. The summed E-state index contributed by atoms with van der Waals surface area (Å²) in [6.45, 7) is 4.14. The highest BCUT2D eigenvalue weighted by atomic mass is 16.5. The van der Waals surface area contributed by atoms with Crippen molar-refractivity contribution >= 4 is 6.29 Å². The third-order valence-corrected chi connectivity index (χ3v) is 4.63. The summed E-state index contributed by atoms with van der Waals surface area (Å²) in [5, 5.41) is 14.3. The minimum Gasteiger partial charge on any atom is -0.507 e. The summed E-state index contributed by atoms with van der Waals surface area (Å²) in [5.41, 5.74) is 3.77. The molecular formula is C20H19N3O3. The number of nitrogens with zero attached hydrogens (tertiary/aromatic N) is 3. The summed E-state index contributed by atoms with van der Waals surface area (Å²) in [7, 11) is 0. The number of ether oxygens (including phenoxy) is 1. The van der Waals surface area contributed by atoms with E-state index in [-0.39, 0.29) is 23.5 Å². The van der Waals surface area contributed by atoms with E-state index in [0.717, 1.165) is 22.5 Å². The van der Waals surface area contributed by atoms with Crippen LogP contribution in [0.15, 0.2) is 42.7 Å². The Kier molecular flexibility index (Phi) is 3.95. The van der Waals surface area contributed by atoms with Crippen molar-refractivity contribution in [3.8, 4) is 22.9 Å². The van der Waals surface area contributed by atoms with Crippen LogP contribution in [-0.4, -0.2) is 26.2 Å². The first-order valence-electron chi connectivity index (χ1n) is 8.55. The Morgan fingerprint density at radius 3 is 2.88 bits per heavy atom. The normalized spacial score (nSPS) is 15.7. The predicted octanol–water partition coefficient (Wildman–Crippen LogP) is 3.72. The lowest BCUT2D eigenvalue weighted by atomic mass is 10.00. The molecule has 0 bridgehead atoms. The Morgan fingerprint density at radius 2 is 2.12 bits per heavy atom. The molecule has 1 aliphatic rings. The molecule has 1 aromatic carbocycles. The number of pyridine rings is 1. The average molecular weight is 349 g/mol. The number of hydrogen-bond acceptors (Lipinski definition) is 5. The standard InChI is InChI=1S/C20H19N3O3/c1-12(2)23-16(7-9-22-23)19-14(4-3-8-21-19)18-10-13-5-6-17(25)15(11-24)20(13)26-18/h3-9,11-12,18,25H,10H2,1-2H3. The van der Waals surface area contributed by atoms with E-state index in [1.165, 1.54) is 6.07 Å². The molecule has 4 rings (SSSR count). The van der Waals surface area contributed by atoms with Crippen LogP contribution in [0, 0.1) is 0 Å². The predicted molar refractivity (Wildman–Crippen MR) is 96.4 cm³/mol. The van der Waals surface area contributed by atoms with Gasteiger partial charge >= 0.3 is 0 Å². The zero-order valence-corrected chi connectivity index (χ0v) is 14.6. The van der Waals surface area contributed by atoms with E-state index in [9.17, 15) is 9.90 Å². The molecule has 6 heteroatoms. The number of carbonyl (C=O) groups excluding carboxylic acids is 1. The lowest BCUT2D eigenvalue weighted by molar-refractivity contribution is 0.111. The van der Waals surface area contributed by atoms with Gasteiger partial charge in [0.25, 0.3) is 0 Å². The molecule has 0 fully saturated rings. The maximum atomic E-state index is 11.3. The SMILES string of the molecule is CC(C)n1nccc1-c1ncccc1C1Cc2ccc(O)c(C=O)c2O1. The summed E-state index contributed by atoms with van der Waals surface area (Å²) in [4.78, 5) is 15.9. The Hall–Kier alpha value is -3.15. The minimum absolute atomic E-state index is 0.0660. The molecule has 2 aromatic heterocycles. The number of fused-ring (bicyclic) bond motifs is 1.